The minimum absolute atomic E-state index is 0.0868. The molecule has 0 aliphatic carbocycles. The third-order valence-corrected chi connectivity index (χ3v) is 6.18. The summed E-state index contributed by atoms with van der Waals surface area (Å²) in [6.07, 6.45) is 2.22. The highest BCUT2D eigenvalue weighted by Crippen LogP contribution is 2.22. The maximum Gasteiger partial charge on any atom is 0.221 e. The fourth-order valence-electron chi connectivity index (χ4n) is 2.72. The molecule has 1 unspecified atom stereocenters. The lowest BCUT2D eigenvalue weighted by molar-refractivity contribution is -0.121. The number of benzene rings is 1. The highest BCUT2D eigenvalue weighted by Gasteiger charge is 2.32. The number of carbonyl (C=O) groups is 1. The molecule has 23 heavy (non-hydrogen) atoms. The number of rotatable bonds is 7. The molecule has 1 N–H and O–H groups in total. The van der Waals surface area contributed by atoms with Crippen molar-refractivity contribution in [3.8, 4) is 5.75 Å². The van der Waals surface area contributed by atoms with Gasteiger partial charge in [-0.1, -0.05) is 12.1 Å². The van der Waals surface area contributed by atoms with Gasteiger partial charge in [0.15, 0.2) is 9.84 Å². The van der Waals surface area contributed by atoms with Gasteiger partial charge in [0.05, 0.1) is 17.1 Å². The predicted molar refractivity (Wildman–Crippen MR) is 90.3 cm³/mol. The summed E-state index contributed by atoms with van der Waals surface area (Å²) in [5.41, 5.74) is 1.11. The van der Waals surface area contributed by atoms with Gasteiger partial charge in [0, 0.05) is 13.0 Å². The maximum absolute atomic E-state index is 11.9. The van der Waals surface area contributed by atoms with Gasteiger partial charge in [-0.15, -0.1) is 0 Å². The Bertz CT molecular complexity index is 622. The van der Waals surface area contributed by atoms with Crippen molar-refractivity contribution in [2.75, 3.05) is 12.3 Å². The van der Waals surface area contributed by atoms with Gasteiger partial charge in [0.1, 0.15) is 5.75 Å². The maximum atomic E-state index is 11.9. The Balaban J connectivity index is 1.73. The third kappa shape index (κ3) is 5.53. The van der Waals surface area contributed by atoms with Crippen LogP contribution in [0.1, 0.15) is 38.7 Å². The van der Waals surface area contributed by atoms with Crippen molar-refractivity contribution in [1.82, 2.24) is 5.32 Å². The topological polar surface area (TPSA) is 72.5 Å². The SMILES string of the molecule is CC(C)Oc1ccc(CCNC(=O)CC2CCCS2(=O)=O)cc1. The quantitative estimate of drug-likeness (QED) is 0.826. The molecule has 0 saturated carbocycles. The molecule has 0 bridgehead atoms. The molecule has 1 atom stereocenters. The molecule has 1 aliphatic heterocycles. The zero-order valence-corrected chi connectivity index (χ0v) is 14.6. The van der Waals surface area contributed by atoms with Crippen LogP contribution in [0.2, 0.25) is 0 Å². The Morgan fingerprint density at radius 1 is 1.30 bits per heavy atom. The van der Waals surface area contributed by atoms with Gasteiger partial charge in [0.25, 0.3) is 0 Å². The van der Waals surface area contributed by atoms with Gasteiger partial charge in [-0.05, 0) is 50.8 Å². The third-order valence-electron chi connectivity index (χ3n) is 3.91. The Hall–Kier alpha value is -1.56. The molecule has 1 fully saturated rings. The van der Waals surface area contributed by atoms with E-state index < -0.39 is 15.1 Å². The minimum atomic E-state index is -3.05. The normalized spacial score (nSPS) is 19.7. The number of carbonyl (C=O) groups excluding carboxylic acids is 1. The van der Waals surface area contributed by atoms with E-state index in [4.69, 9.17) is 4.74 Å². The number of sulfone groups is 1. The second-order valence-electron chi connectivity index (χ2n) is 6.25. The summed E-state index contributed by atoms with van der Waals surface area (Å²) in [6, 6.07) is 7.79. The molecule has 1 heterocycles. The van der Waals surface area contributed by atoms with E-state index in [-0.39, 0.29) is 24.2 Å². The van der Waals surface area contributed by atoms with Gasteiger partial charge in [-0.3, -0.25) is 4.79 Å². The van der Waals surface area contributed by atoms with Crippen molar-refractivity contribution < 1.29 is 17.9 Å². The van der Waals surface area contributed by atoms with Crippen LogP contribution in [0.15, 0.2) is 24.3 Å². The lowest BCUT2D eigenvalue weighted by Crippen LogP contribution is -2.30. The van der Waals surface area contributed by atoms with Crippen molar-refractivity contribution in [2.45, 2.75) is 50.9 Å². The highest BCUT2D eigenvalue weighted by molar-refractivity contribution is 7.92. The first-order valence-electron chi connectivity index (χ1n) is 8.10. The smallest absolute Gasteiger partial charge is 0.221 e. The molecule has 5 nitrogen and oxygen atoms in total. The van der Waals surface area contributed by atoms with E-state index in [0.717, 1.165) is 11.3 Å². The number of amides is 1. The number of nitrogens with one attached hydrogen (secondary N) is 1. The lowest BCUT2D eigenvalue weighted by Gasteiger charge is -2.11. The average Bonchev–Trinajstić information content (AvgIpc) is 2.79. The summed E-state index contributed by atoms with van der Waals surface area (Å²) in [4.78, 5) is 11.9. The molecule has 1 aromatic rings. The van der Waals surface area contributed by atoms with Crippen LogP contribution in [0.25, 0.3) is 0 Å². The Kier molecular flexibility index (Phi) is 6.04. The summed E-state index contributed by atoms with van der Waals surface area (Å²) in [6.45, 7) is 4.47. The first kappa shape index (κ1) is 17.8. The molecule has 0 radical (unpaired) electrons. The van der Waals surface area contributed by atoms with Crippen LogP contribution in [-0.4, -0.2) is 38.0 Å². The van der Waals surface area contributed by atoms with Gasteiger partial charge in [0.2, 0.25) is 5.91 Å². The number of hydrogen-bond donors (Lipinski definition) is 1. The molecule has 128 valence electrons. The minimum Gasteiger partial charge on any atom is -0.491 e. The second-order valence-corrected chi connectivity index (χ2v) is 8.65. The van der Waals surface area contributed by atoms with Crippen LogP contribution in [-0.2, 0) is 21.1 Å². The first-order chi connectivity index (χ1) is 10.9. The number of hydrogen-bond acceptors (Lipinski definition) is 4. The fourth-order valence-corrected chi connectivity index (χ4v) is 4.55. The molecule has 1 amide bonds. The van der Waals surface area contributed by atoms with E-state index >= 15 is 0 Å². The highest BCUT2D eigenvalue weighted by atomic mass is 32.2. The van der Waals surface area contributed by atoms with E-state index in [2.05, 4.69) is 5.32 Å². The van der Waals surface area contributed by atoms with Gasteiger partial charge in [-0.25, -0.2) is 8.42 Å². The van der Waals surface area contributed by atoms with E-state index in [0.29, 0.717) is 25.8 Å². The van der Waals surface area contributed by atoms with Crippen molar-refractivity contribution in [1.29, 1.82) is 0 Å². The van der Waals surface area contributed by atoms with Crippen molar-refractivity contribution in [3.05, 3.63) is 29.8 Å². The molecule has 2 rings (SSSR count). The number of ether oxygens (including phenoxy) is 1. The molecular formula is C17H25NO4S. The standard InChI is InChI=1S/C17H25NO4S/c1-13(2)22-15-7-5-14(6-8-15)9-10-18-17(19)12-16-4-3-11-23(16,20)21/h5-8,13,16H,3-4,9-12H2,1-2H3,(H,18,19). The fraction of sp³-hybridized carbons (Fsp3) is 0.588. The van der Waals surface area contributed by atoms with Crippen LogP contribution in [0, 0.1) is 0 Å². The lowest BCUT2D eigenvalue weighted by atomic mass is 10.1. The van der Waals surface area contributed by atoms with Crippen LogP contribution in [0.5, 0.6) is 5.75 Å². The van der Waals surface area contributed by atoms with Crippen molar-refractivity contribution >= 4 is 15.7 Å². The van der Waals surface area contributed by atoms with Crippen molar-refractivity contribution in [3.63, 3.8) is 0 Å². The van der Waals surface area contributed by atoms with Crippen LogP contribution in [0.3, 0.4) is 0 Å². The van der Waals surface area contributed by atoms with Gasteiger partial charge in [-0.2, -0.15) is 0 Å². The van der Waals surface area contributed by atoms with Crippen LogP contribution >= 0.6 is 0 Å². The zero-order valence-electron chi connectivity index (χ0n) is 13.7. The second kappa shape index (κ2) is 7.81. The summed E-state index contributed by atoms with van der Waals surface area (Å²) in [5, 5.41) is 2.32. The molecule has 0 spiro atoms. The molecule has 1 saturated heterocycles. The Labute approximate surface area is 138 Å². The molecule has 1 aliphatic rings. The molecular weight excluding hydrogens is 314 g/mol. The molecule has 1 aromatic carbocycles. The summed E-state index contributed by atoms with van der Waals surface area (Å²) < 4.78 is 29.0. The first-order valence-corrected chi connectivity index (χ1v) is 9.82. The zero-order chi connectivity index (χ0) is 16.9. The summed E-state index contributed by atoms with van der Waals surface area (Å²) in [7, 11) is -3.05. The van der Waals surface area contributed by atoms with Crippen molar-refractivity contribution in [2.24, 2.45) is 0 Å². The summed E-state index contributed by atoms with van der Waals surface area (Å²) in [5.74, 6) is 0.870. The van der Waals surface area contributed by atoms with Crippen LogP contribution < -0.4 is 10.1 Å². The largest absolute Gasteiger partial charge is 0.491 e. The monoisotopic (exact) mass is 339 g/mol. The Morgan fingerprint density at radius 3 is 2.57 bits per heavy atom. The van der Waals surface area contributed by atoms with E-state index in [1.165, 1.54) is 0 Å². The average molecular weight is 339 g/mol. The summed E-state index contributed by atoms with van der Waals surface area (Å²) >= 11 is 0. The van der Waals surface area contributed by atoms with E-state index in [1.807, 2.05) is 38.1 Å². The van der Waals surface area contributed by atoms with E-state index in [9.17, 15) is 13.2 Å². The molecule has 6 heteroatoms. The van der Waals surface area contributed by atoms with E-state index in [1.54, 1.807) is 0 Å². The Morgan fingerprint density at radius 2 is 2.00 bits per heavy atom. The molecule has 0 aromatic heterocycles. The van der Waals surface area contributed by atoms with Crippen LogP contribution in [0.4, 0.5) is 0 Å². The predicted octanol–water partition coefficient (Wildman–Crippen LogP) is 2.10. The van der Waals surface area contributed by atoms with Gasteiger partial charge >= 0.3 is 0 Å². The van der Waals surface area contributed by atoms with Gasteiger partial charge < -0.3 is 10.1 Å².